The number of methoxy groups -OCH3 is 3. The van der Waals surface area contributed by atoms with E-state index in [1.165, 1.54) is 38.1 Å². The number of aromatic amines is 1. The Morgan fingerprint density at radius 2 is 1.37 bits per heavy atom. The Morgan fingerprint density at radius 1 is 0.806 bits per heavy atom. The van der Waals surface area contributed by atoms with Gasteiger partial charge in [-0.3, -0.25) is 0 Å². The van der Waals surface area contributed by atoms with E-state index >= 15 is 8.42 Å². The number of nitrogens with zero attached hydrogens (tertiary/aromatic N) is 6. The van der Waals surface area contributed by atoms with E-state index in [4.69, 9.17) is 19.9 Å². The lowest BCUT2D eigenvalue weighted by Crippen LogP contribution is -2.36. The van der Waals surface area contributed by atoms with Gasteiger partial charge in [-0.1, -0.05) is 54.6 Å². The van der Waals surface area contributed by atoms with Gasteiger partial charge in [0.2, 0.25) is 15.8 Å². The van der Waals surface area contributed by atoms with Crippen LogP contribution in [0.1, 0.15) is 23.6 Å². The van der Waals surface area contributed by atoms with E-state index in [-0.39, 0.29) is 42.5 Å². The summed E-state index contributed by atoms with van der Waals surface area (Å²) in [5.74, 6) is 1.60. The highest BCUT2D eigenvalue weighted by Crippen LogP contribution is 2.43. The van der Waals surface area contributed by atoms with E-state index in [0.29, 0.717) is 45.0 Å². The SMILES string of the molecule is COc1ccc(CN(Cc2ccc(OC)cc2)S(=O)(=O)c2c(S(=O)(=O)[C@H](C)CNC(=O)O)ccc(-c3cccc4nc(N)[nH]c34)c2-c2nnn(Cc3ccc(OC)cc3)n2)cc1. The minimum atomic E-state index is -4.95. The Kier molecular flexibility index (Phi) is 12.4. The molecule has 1 amide bonds. The minimum absolute atomic E-state index is 0.0921. The van der Waals surface area contributed by atoms with Gasteiger partial charge in [-0.05, 0) is 82.9 Å². The number of hydrogen-bond acceptors (Lipinski definition) is 13. The smallest absolute Gasteiger partial charge is 0.404 e. The number of rotatable bonds is 17. The van der Waals surface area contributed by atoms with Crippen LogP contribution in [-0.2, 0) is 39.5 Å². The number of ether oxygens (including phenoxy) is 3. The number of anilines is 1. The molecule has 0 bridgehead atoms. The van der Waals surface area contributed by atoms with Gasteiger partial charge >= 0.3 is 6.09 Å². The Bertz CT molecular complexity index is 2890. The van der Waals surface area contributed by atoms with E-state index in [1.54, 1.807) is 86.0 Å². The molecule has 0 fully saturated rings. The Balaban J connectivity index is 1.52. The maximum Gasteiger partial charge on any atom is 0.404 e. The molecule has 0 radical (unpaired) electrons. The van der Waals surface area contributed by atoms with Crippen molar-refractivity contribution in [2.24, 2.45) is 0 Å². The van der Waals surface area contributed by atoms with E-state index in [1.807, 2.05) is 12.1 Å². The number of amides is 1. The van der Waals surface area contributed by atoms with Crippen molar-refractivity contribution in [2.45, 2.75) is 41.6 Å². The molecule has 7 rings (SSSR count). The second-order valence-corrected chi connectivity index (χ2v) is 18.3. The zero-order valence-corrected chi connectivity index (χ0v) is 35.6. The molecule has 20 heteroatoms. The minimum Gasteiger partial charge on any atom is -0.497 e. The number of tetrazole rings is 1. The highest BCUT2D eigenvalue weighted by Gasteiger charge is 2.39. The van der Waals surface area contributed by atoms with Crippen molar-refractivity contribution in [3.05, 3.63) is 120 Å². The van der Waals surface area contributed by atoms with Gasteiger partial charge in [0, 0.05) is 25.2 Å². The standard InChI is InChI=1S/C42H43N9O9S2/c1-26(22-44-42(52)53)61(54,55)36-21-20-33(34-6-5-7-35-38(34)46-41(43)45-35)37(40-47-49-51(48-40)25-29-12-18-32(60-4)19-13-29)39(36)62(56,57)50(23-27-8-14-30(58-2)15-9-27)24-28-10-16-31(59-3)17-11-28/h5-21,26,44H,22-25H2,1-4H3,(H,52,53)(H3,43,45,46)/t26-/m1/s1. The number of H-pyrrole nitrogens is 1. The number of nitrogens with one attached hydrogen (secondary N) is 2. The molecule has 7 aromatic rings. The van der Waals surface area contributed by atoms with Crippen molar-refractivity contribution in [1.82, 2.24) is 39.8 Å². The zero-order chi connectivity index (χ0) is 44.2. The number of para-hydroxylation sites is 1. The Labute approximate surface area is 357 Å². The summed E-state index contributed by atoms with van der Waals surface area (Å²) in [5, 5.41) is 23.4. The summed E-state index contributed by atoms with van der Waals surface area (Å²) in [6, 6.07) is 28.5. The van der Waals surface area contributed by atoms with E-state index in [9.17, 15) is 18.3 Å². The topological polar surface area (TPSA) is 247 Å². The molecule has 18 nitrogen and oxygen atoms in total. The molecule has 0 saturated carbocycles. The van der Waals surface area contributed by atoms with Crippen molar-refractivity contribution in [3.63, 3.8) is 0 Å². The molecule has 0 aliphatic rings. The number of aromatic nitrogens is 6. The van der Waals surface area contributed by atoms with Crippen molar-refractivity contribution in [2.75, 3.05) is 33.6 Å². The molecule has 0 aliphatic carbocycles. The molecule has 0 spiro atoms. The number of hydrogen-bond donors (Lipinski definition) is 4. The summed E-state index contributed by atoms with van der Waals surface area (Å²) in [6.07, 6.45) is -1.45. The summed E-state index contributed by atoms with van der Waals surface area (Å²) in [6.45, 7) is 0.416. The van der Waals surface area contributed by atoms with Crippen LogP contribution < -0.4 is 25.3 Å². The summed E-state index contributed by atoms with van der Waals surface area (Å²) in [7, 11) is -5.04. The number of sulfone groups is 1. The van der Waals surface area contributed by atoms with Gasteiger partial charge in [-0.15, -0.1) is 10.2 Å². The van der Waals surface area contributed by atoms with Crippen LogP contribution in [0.15, 0.2) is 113 Å². The van der Waals surface area contributed by atoms with Crippen LogP contribution in [0.5, 0.6) is 17.2 Å². The zero-order valence-electron chi connectivity index (χ0n) is 34.0. The molecule has 5 aromatic carbocycles. The van der Waals surface area contributed by atoms with Crippen LogP contribution in [-0.4, -0.2) is 95.6 Å². The molecular formula is C42H43N9O9S2. The monoisotopic (exact) mass is 881 g/mol. The number of imidazole rings is 1. The highest BCUT2D eigenvalue weighted by molar-refractivity contribution is 7.94. The van der Waals surface area contributed by atoms with Crippen LogP contribution in [0.4, 0.5) is 10.7 Å². The maximum atomic E-state index is 15.9. The van der Waals surface area contributed by atoms with Gasteiger partial charge in [-0.2, -0.15) is 9.10 Å². The first-order chi connectivity index (χ1) is 29.7. The number of nitrogens with two attached hydrogens (primary N) is 1. The number of carboxylic acid groups (broad SMARTS) is 1. The van der Waals surface area contributed by atoms with Crippen LogP contribution in [0, 0.1) is 0 Å². The first-order valence-electron chi connectivity index (χ1n) is 19.0. The van der Waals surface area contributed by atoms with Gasteiger partial charge in [0.15, 0.2) is 15.8 Å². The van der Waals surface area contributed by atoms with Crippen molar-refractivity contribution >= 4 is 42.9 Å². The predicted molar refractivity (Wildman–Crippen MR) is 230 cm³/mol. The summed E-state index contributed by atoms with van der Waals surface area (Å²) < 4.78 is 78.6. The molecular weight excluding hydrogens is 839 g/mol. The molecule has 0 unspecified atom stereocenters. The van der Waals surface area contributed by atoms with Crippen LogP contribution in [0.2, 0.25) is 0 Å². The third-order valence-corrected chi connectivity index (χ3v) is 14.3. The molecule has 5 N–H and O–H groups in total. The third-order valence-electron chi connectivity index (χ3n) is 10.1. The van der Waals surface area contributed by atoms with Crippen molar-refractivity contribution < 1.29 is 40.9 Å². The van der Waals surface area contributed by atoms with Crippen LogP contribution in [0.25, 0.3) is 33.5 Å². The third kappa shape index (κ3) is 9.02. The fourth-order valence-electron chi connectivity index (χ4n) is 6.85. The first kappa shape index (κ1) is 43.1. The van der Waals surface area contributed by atoms with E-state index < -0.39 is 47.5 Å². The van der Waals surface area contributed by atoms with Crippen LogP contribution >= 0.6 is 0 Å². The lowest BCUT2D eigenvalue weighted by molar-refractivity contribution is 0.194. The fourth-order valence-corrected chi connectivity index (χ4v) is 10.5. The normalized spacial score (nSPS) is 12.3. The molecule has 62 heavy (non-hydrogen) atoms. The maximum absolute atomic E-state index is 15.9. The number of nitrogen functional groups attached to an aromatic ring is 1. The van der Waals surface area contributed by atoms with E-state index in [0.717, 1.165) is 9.87 Å². The van der Waals surface area contributed by atoms with E-state index in [2.05, 4.69) is 30.7 Å². The fraction of sp³-hybridized carbons (Fsp3) is 0.214. The predicted octanol–water partition coefficient (Wildman–Crippen LogP) is 5.36. The summed E-state index contributed by atoms with van der Waals surface area (Å²) >= 11 is 0. The molecule has 0 aliphatic heterocycles. The number of sulfonamides is 1. The average molecular weight is 882 g/mol. The summed E-state index contributed by atoms with van der Waals surface area (Å²) in [5.41, 5.74) is 9.33. The Hall–Kier alpha value is -7.03. The number of fused-ring (bicyclic) bond motifs is 1. The van der Waals surface area contributed by atoms with Crippen LogP contribution in [0.3, 0.4) is 0 Å². The largest absolute Gasteiger partial charge is 0.497 e. The number of carbonyl (C=O) groups is 1. The highest BCUT2D eigenvalue weighted by atomic mass is 32.2. The Morgan fingerprint density at radius 3 is 1.92 bits per heavy atom. The average Bonchev–Trinajstić information content (AvgIpc) is 3.91. The molecule has 322 valence electrons. The molecule has 2 heterocycles. The van der Waals surface area contributed by atoms with Gasteiger partial charge < -0.3 is 35.4 Å². The first-order valence-corrected chi connectivity index (χ1v) is 22.0. The molecule has 2 aromatic heterocycles. The quantitative estimate of drug-likeness (QED) is 0.0900. The van der Waals surface area contributed by atoms with Gasteiger partial charge in [0.05, 0.1) is 54.6 Å². The lowest BCUT2D eigenvalue weighted by atomic mass is 9.98. The van der Waals surface area contributed by atoms with Crippen molar-refractivity contribution in [3.8, 4) is 39.8 Å². The van der Waals surface area contributed by atoms with Gasteiger partial charge in [0.25, 0.3) is 0 Å². The second kappa shape index (κ2) is 17.9. The van der Waals surface area contributed by atoms with Gasteiger partial charge in [0.1, 0.15) is 22.1 Å². The summed E-state index contributed by atoms with van der Waals surface area (Å²) in [4.78, 5) is 19.0. The number of benzene rings is 5. The molecule has 1 atom stereocenters. The van der Waals surface area contributed by atoms with Gasteiger partial charge in [-0.25, -0.2) is 26.6 Å². The lowest BCUT2D eigenvalue weighted by Gasteiger charge is -2.27. The second-order valence-electron chi connectivity index (χ2n) is 14.1. The molecule has 0 saturated heterocycles. The van der Waals surface area contributed by atoms with Crippen molar-refractivity contribution in [1.29, 1.82) is 0 Å².